The van der Waals surface area contributed by atoms with Crippen LogP contribution in [0.5, 0.6) is 5.75 Å². The molecular formula is C28H30N4O2S. The van der Waals surface area contributed by atoms with Crippen molar-refractivity contribution in [2.75, 3.05) is 20.2 Å². The van der Waals surface area contributed by atoms with Gasteiger partial charge < -0.3 is 14.2 Å². The number of hydrogen-bond acceptors (Lipinski definition) is 5. The standard InChI is InChI=1S/C28H30N4O2S/c1-20-11-14-31(15-12-20)27(33)23-8-6-21(7-9-23)19-35-28-30-25-10-13-29-17-26(25)32(28)18-22-4-3-5-24(16-22)34-2/h3-10,13,16-17,20H,11-12,14-15,18-19H2,1-2H3. The van der Waals surface area contributed by atoms with E-state index in [0.29, 0.717) is 12.5 Å². The van der Waals surface area contributed by atoms with E-state index in [2.05, 4.69) is 40.7 Å². The molecule has 0 bridgehead atoms. The number of pyridine rings is 1. The van der Waals surface area contributed by atoms with E-state index in [1.54, 1.807) is 25.1 Å². The third kappa shape index (κ3) is 5.35. The van der Waals surface area contributed by atoms with Crippen LogP contribution in [0, 0.1) is 5.92 Å². The van der Waals surface area contributed by atoms with Crippen molar-refractivity contribution in [1.82, 2.24) is 19.4 Å². The molecule has 4 aromatic rings. The van der Waals surface area contributed by atoms with Gasteiger partial charge in [0.2, 0.25) is 0 Å². The highest BCUT2D eigenvalue weighted by Gasteiger charge is 2.21. The molecule has 1 aliphatic heterocycles. The average Bonchev–Trinajstić information content (AvgIpc) is 3.25. The van der Waals surface area contributed by atoms with Crippen molar-refractivity contribution in [2.24, 2.45) is 5.92 Å². The summed E-state index contributed by atoms with van der Waals surface area (Å²) in [6, 6.07) is 18.1. The number of fused-ring (bicyclic) bond motifs is 1. The number of methoxy groups -OCH3 is 1. The number of piperidine rings is 1. The van der Waals surface area contributed by atoms with Crippen molar-refractivity contribution >= 4 is 28.7 Å². The first-order chi connectivity index (χ1) is 17.1. The van der Waals surface area contributed by atoms with Gasteiger partial charge in [-0.25, -0.2) is 4.98 Å². The number of nitrogens with zero attached hydrogens (tertiary/aromatic N) is 4. The molecule has 35 heavy (non-hydrogen) atoms. The Kier molecular flexibility index (Phi) is 7.04. The summed E-state index contributed by atoms with van der Waals surface area (Å²) < 4.78 is 7.60. The summed E-state index contributed by atoms with van der Waals surface area (Å²) in [4.78, 5) is 24.0. The van der Waals surface area contributed by atoms with Crippen LogP contribution in [-0.2, 0) is 12.3 Å². The van der Waals surface area contributed by atoms with Gasteiger partial charge in [-0.3, -0.25) is 9.78 Å². The van der Waals surface area contributed by atoms with Crippen molar-refractivity contribution in [1.29, 1.82) is 0 Å². The molecule has 0 atom stereocenters. The van der Waals surface area contributed by atoms with Gasteiger partial charge in [0.05, 0.1) is 30.9 Å². The van der Waals surface area contributed by atoms with Gasteiger partial charge in [-0.15, -0.1) is 0 Å². The van der Waals surface area contributed by atoms with Crippen molar-refractivity contribution < 1.29 is 9.53 Å². The Bertz CT molecular complexity index is 1310. The average molecular weight is 487 g/mol. The van der Waals surface area contributed by atoms with Gasteiger partial charge in [-0.2, -0.15) is 0 Å². The highest BCUT2D eigenvalue weighted by atomic mass is 32.2. The van der Waals surface area contributed by atoms with Crippen LogP contribution in [0.2, 0.25) is 0 Å². The summed E-state index contributed by atoms with van der Waals surface area (Å²) >= 11 is 1.70. The molecule has 0 aliphatic carbocycles. The van der Waals surface area contributed by atoms with Crippen LogP contribution in [0.1, 0.15) is 41.3 Å². The van der Waals surface area contributed by atoms with Crippen molar-refractivity contribution in [3.63, 3.8) is 0 Å². The number of likely N-dealkylation sites (tertiary alicyclic amines) is 1. The van der Waals surface area contributed by atoms with E-state index in [1.807, 2.05) is 41.4 Å². The van der Waals surface area contributed by atoms with Crippen LogP contribution < -0.4 is 4.74 Å². The number of imidazole rings is 1. The Morgan fingerprint density at radius 2 is 1.89 bits per heavy atom. The number of thioether (sulfide) groups is 1. The van der Waals surface area contributed by atoms with Crippen LogP contribution in [0.3, 0.4) is 0 Å². The molecule has 6 nitrogen and oxygen atoms in total. The van der Waals surface area contributed by atoms with Gasteiger partial charge in [0.1, 0.15) is 5.75 Å². The second-order valence-electron chi connectivity index (χ2n) is 9.16. The topological polar surface area (TPSA) is 60.2 Å². The van der Waals surface area contributed by atoms with E-state index >= 15 is 0 Å². The number of amides is 1. The van der Waals surface area contributed by atoms with E-state index < -0.39 is 0 Å². The number of benzene rings is 2. The molecule has 1 aliphatic rings. The molecule has 0 unspecified atom stereocenters. The summed E-state index contributed by atoms with van der Waals surface area (Å²) in [5.74, 6) is 2.46. The summed E-state index contributed by atoms with van der Waals surface area (Å²) in [5.41, 5.74) is 5.02. The smallest absolute Gasteiger partial charge is 0.253 e. The molecule has 1 amide bonds. The lowest BCUT2D eigenvalue weighted by atomic mass is 9.98. The fourth-order valence-corrected chi connectivity index (χ4v) is 5.42. The van der Waals surface area contributed by atoms with Gasteiger partial charge >= 0.3 is 0 Å². The number of carbonyl (C=O) groups excluding carboxylic acids is 1. The molecule has 0 spiro atoms. The number of hydrogen-bond donors (Lipinski definition) is 0. The van der Waals surface area contributed by atoms with E-state index in [0.717, 1.165) is 70.3 Å². The normalized spacial score (nSPS) is 14.4. The third-order valence-electron chi connectivity index (χ3n) is 6.63. The zero-order valence-electron chi connectivity index (χ0n) is 20.2. The van der Waals surface area contributed by atoms with Crippen LogP contribution in [-0.4, -0.2) is 45.5 Å². The molecular weight excluding hydrogens is 456 g/mol. The largest absolute Gasteiger partial charge is 0.497 e. The Morgan fingerprint density at radius 3 is 2.66 bits per heavy atom. The molecule has 0 radical (unpaired) electrons. The van der Waals surface area contributed by atoms with Crippen molar-refractivity contribution in [3.05, 3.63) is 83.7 Å². The minimum absolute atomic E-state index is 0.142. The van der Waals surface area contributed by atoms with Gasteiger partial charge in [0.25, 0.3) is 5.91 Å². The van der Waals surface area contributed by atoms with E-state index in [9.17, 15) is 4.79 Å². The zero-order valence-corrected chi connectivity index (χ0v) is 21.0. The molecule has 2 aromatic heterocycles. The highest BCUT2D eigenvalue weighted by molar-refractivity contribution is 7.98. The monoisotopic (exact) mass is 486 g/mol. The minimum atomic E-state index is 0.142. The minimum Gasteiger partial charge on any atom is -0.497 e. The van der Waals surface area contributed by atoms with Crippen LogP contribution in [0.4, 0.5) is 0 Å². The summed E-state index contributed by atoms with van der Waals surface area (Å²) in [7, 11) is 1.68. The highest BCUT2D eigenvalue weighted by Crippen LogP contribution is 2.28. The first kappa shape index (κ1) is 23.4. The Balaban J connectivity index is 1.31. The lowest BCUT2D eigenvalue weighted by Gasteiger charge is -2.30. The second-order valence-corrected chi connectivity index (χ2v) is 10.1. The Labute approximate surface area is 210 Å². The van der Waals surface area contributed by atoms with Crippen molar-refractivity contribution in [2.45, 2.75) is 37.2 Å². The van der Waals surface area contributed by atoms with E-state index in [1.165, 1.54) is 0 Å². The number of rotatable bonds is 7. The van der Waals surface area contributed by atoms with E-state index in [4.69, 9.17) is 9.72 Å². The lowest BCUT2D eigenvalue weighted by Crippen LogP contribution is -2.37. The van der Waals surface area contributed by atoms with Gasteiger partial charge in [-0.1, -0.05) is 43.0 Å². The summed E-state index contributed by atoms with van der Waals surface area (Å²) in [6.45, 7) is 4.66. The molecule has 0 N–H and O–H groups in total. The fraction of sp³-hybridized carbons (Fsp3) is 0.321. The van der Waals surface area contributed by atoms with Gasteiger partial charge in [0, 0.05) is 30.6 Å². The molecule has 7 heteroatoms. The summed E-state index contributed by atoms with van der Waals surface area (Å²) in [5, 5.41) is 0.943. The maximum absolute atomic E-state index is 12.9. The van der Waals surface area contributed by atoms with Crippen molar-refractivity contribution in [3.8, 4) is 5.75 Å². The molecule has 5 rings (SSSR count). The number of aromatic nitrogens is 3. The van der Waals surface area contributed by atoms with Gasteiger partial charge in [0.15, 0.2) is 5.16 Å². The molecule has 2 aromatic carbocycles. The maximum Gasteiger partial charge on any atom is 0.253 e. The number of carbonyl (C=O) groups is 1. The Morgan fingerprint density at radius 1 is 1.09 bits per heavy atom. The predicted molar refractivity (Wildman–Crippen MR) is 140 cm³/mol. The van der Waals surface area contributed by atoms with Crippen LogP contribution in [0.25, 0.3) is 11.0 Å². The van der Waals surface area contributed by atoms with Gasteiger partial charge in [-0.05, 0) is 60.2 Å². The fourth-order valence-electron chi connectivity index (χ4n) is 4.45. The first-order valence-corrected chi connectivity index (χ1v) is 13.0. The van der Waals surface area contributed by atoms with E-state index in [-0.39, 0.29) is 5.91 Å². The molecule has 180 valence electrons. The third-order valence-corrected chi connectivity index (χ3v) is 7.68. The second kappa shape index (κ2) is 10.5. The Hall–Kier alpha value is -3.32. The first-order valence-electron chi connectivity index (χ1n) is 12.0. The van der Waals surface area contributed by atoms with Crippen LogP contribution >= 0.6 is 11.8 Å². The summed E-state index contributed by atoms with van der Waals surface area (Å²) in [6.07, 6.45) is 5.83. The quantitative estimate of drug-likeness (QED) is 0.316. The molecule has 1 fully saturated rings. The predicted octanol–water partition coefficient (Wildman–Crippen LogP) is 5.65. The molecule has 0 saturated carbocycles. The molecule has 1 saturated heterocycles. The van der Waals surface area contributed by atoms with Crippen LogP contribution in [0.15, 0.2) is 72.1 Å². The number of ether oxygens (including phenoxy) is 1. The lowest BCUT2D eigenvalue weighted by molar-refractivity contribution is 0.0697. The zero-order chi connectivity index (χ0) is 24.2. The molecule has 3 heterocycles. The maximum atomic E-state index is 12.9. The SMILES string of the molecule is COc1cccc(Cn2c(SCc3ccc(C(=O)N4CCC(C)CC4)cc3)nc3ccncc32)c1.